The van der Waals surface area contributed by atoms with Crippen LogP contribution in [-0.4, -0.2) is 19.7 Å². The highest BCUT2D eigenvalue weighted by molar-refractivity contribution is 7.71. The molecule has 0 saturated heterocycles. The van der Waals surface area contributed by atoms with E-state index >= 15 is 0 Å². The summed E-state index contributed by atoms with van der Waals surface area (Å²) < 4.78 is 2.69. The second-order valence-corrected chi connectivity index (χ2v) is 6.57. The van der Waals surface area contributed by atoms with Crippen molar-refractivity contribution in [1.29, 1.82) is 0 Å². The van der Waals surface area contributed by atoms with Crippen molar-refractivity contribution in [2.24, 2.45) is 0 Å². The number of para-hydroxylation sites is 1. The maximum atomic E-state index is 5.41. The lowest BCUT2D eigenvalue weighted by Crippen LogP contribution is -2.23. The zero-order chi connectivity index (χ0) is 15.2. The number of hydrogen-bond acceptors (Lipinski definition) is 3. The van der Waals surface area contributed by atoms with E-state index in [0.29, 0.717) is 4.77 Å². The number of aromatic amines is 1. The summed E-state index contributed by atoms with van der Waals surface area (Å²) in [5, 5.41) is 8.47. The average molecular weight is 298 g/mol. The number of hydrogen-bond donors (Lipinski definition) is 1. The lowest BCUT2D eigenvalue weighted by Gasteiger charge is -2.23. The summed E-state index contributed by atoms with van der Waals surface area (Å²) in [5.41, 5.74) is 2.86. The zero-order valence-electron chi connectivity index (χ0n) is 12.6. The molecule has 1 N–H and O–H groups in total. The van der Waals surface area contributed by atoms with Crippen LogP contribution in [-0.2, 0) is 5.54 Å². The van der Waals surface area contributed by atoms with Crippen molar-refractivity contribution in [3.05, 3.63) is 40.8 Å². The number of nitrogens with one attached hydrogen (secondary N) is 1. The SMILES string of the molecule is Cc1cc(-c2n[nH]c(=S)n2C(C)(C)C)c2ccccc2n1. The van der Waals surface area contributed by atoms with E-state index in [4.69, 9.17) is 12.2 Å². The summed E-state index contributed by atoms with van der Waals surface area (Å²) in [4.78, 5) is 4.59. The molecule has 0 amide bonds. The molecule has 3 aromatic rings. The van der Waals surface area contributed by atoms with Crippen LogP contribution in [0.4, 0.5) is 0 Å². The number of H-pyrrole nitrogens is 1. The normalized spacial score (nSPS) is 12.0. The molecule has 108 valence electrons. The Morgan fingerprint density at radius 2 is 1.90 bits per heavy atom. The molecule has 21 heavy (non-hydrogen) atoms. The second kappa shape index (κ2) is 4.77. The number of benzene rings is 1. The van der Waals surface area contributed by atoms with Gasteiger partial charge in [0.15, 0.2) is 10.6 Å². The molecule has 0 atom stereocenters. The minimum Gasteiger partial charge on any atom is -0.295 e. The van der Waals surface area contributed by atoms with Crippen LogP contribution in [0.5, 0.6) is 0 Å². The maximum absolute atomic E-state index is 5.41. The standard InChI is InChI=1S/C16H18N4S/c1-10-9-12(11-7-5-6-8-13(11)17-10)14-18-19-15(21)20(14)16(2,3)4/h5-9H,1-4H3,(H,19,21). The lowest BCUT2D eigenvalue weighted by molar-refractivity contribution is 0.395. The van der Waals surface area contributed by atoms with E-state index in [1.807, 2.05) is 25.1 Å². The van der Waals surface area contributed by atoms with Gasteiger partial charge in [-0.1, -0.05) is 18.2 Å². The molecule has 3 rings (SSSR count). The highest BCUT2D eigenvalue weighted by atomic mass is 32.1. The number of rotatable bonds is 1. The van der Waals surface area contributed by atoms with Gasteiger partial charge in [-0.25, -0.2) is 0 Å². The fraction of sp³-hybridized carbons (Fsp3) is 0.312. The van der Waals surface area contributed by atoms with E-state index in [1.54, 1.807) is 0 Å². The van der Waals surface area contributed by atoms with Gasteiger partial charge in [0.2, 0.25) is 0 Å². The minimum absolute atomic E-state index is 0.141. The fourth-order valence-electron chi connectivity index (χ4n) is 2.59. The molecule has 0 radical (unpaired) electrons. The number of pyridine rings is 1. The summed E-state index contributed by atoms with van der Waals surface area (Å²) in [6, 6.07) is 10.2. The lowest BCUT2D eigenvalue weighted by atomic mass is 10.0. The van der Waals surface area contributed by atoms with E-state index in [1.165, 1.54) is 0 Å². The van der Waals surface area contributed by atoms with Gasteiger partial charge in [-0.05, 0) is 52.0 Å². The van der Waals surface area contributed by atoms with E-state index in [2.05, 4.69) is 52.7 Å². The molecule has 2 aromatic heterocycles. The molecule has 5 heteroatoms. The van der Waals surface area contributed by atoms with E-state index in [9.17, 15) is 0 Å². The van der Waals surface area contributed by atoms with Gasteiger partial charge in [-0.3, -0.25) is 14.6 Å². The summed E-state index contributed by atoms with van der Waals surface area (Å²) >= 11 is 5.41. The third-order valence-electron chi connectivity index (χ3n) is 3.43. The molecule has 0 bridgehead atoms. The van der Waals surface area contributed by atoms with Gasteiger partial charge >= 0.3 is 0 Å². The molecule has 0 spiro atoms. The molecule has 0 aliphatic rings. The molecule has 2 heterocycles. The Morgan fingerprint density at radius 3 is 2.62 bits per heavy atom. The van der Waals surface area contributed by atoms with Crippen molar-refractivity contribution in [3.63, 3.8) is 0 Å². The second-order valence-electron chi connectivity index (χ2n) is 6.19. The Morgan fingerprint density at radius 1 is 1.19 bits per heavy atom. The third-order valence-corrected chi connectivity index (χ3v) is 3.70. The van der Waals surface area contributed by atoms with Crippen LogP contribution in [0.2, 0.25) is 0 Å². The molecule has 0 unspecified atom stereocenters. The van der Waals surface area contributed by atoms with Crippen molar-refractivity contribution in [3.8, 4) is 11.4 Å². The largest absolute Gasteiger partial charge is 0.295 e. The average Bonchev–Trinajstić information content (AvgIpc) is 2.79. The van der Waals surface area contributed by atoms with E-state index in [0.717, 1.165) is 28.0 Å². The molecule has 0 fully saturated rings. The first kappa shape index (κ1) is 13.9. The predicted molar refractivity (Wildman–Crippen MR) is 87.9 cm³/mol. The monoisotopic (exact) mass is 298 g/mol. The third kappa shape index (κ3) is 2.38. The molecule has 4 nitrogen and oxygen atoms in total. The summed E-state index contributed by atoms with van der Waals surface area (Å²) in [5.74, 6) is 0.856. The van der Waals surface area contributed by atoms with Gasteiger partial charge in [0.25, 0.3) is 0 Å². The Bertz CT molecular complexity index is 868. The van der Waals surface area contributed by atoms with Gasteiger partial charge in [-0.2, -0.15) is 5.10 Å². The van der Waals surface area contributed by atoms with Crippen molar-refractivity contribution in [2.45, 2.75) is 33.2 Å². The Hall–Kier alpha value is -2.01. The number of aryl methyl sites for hydroxylation is 1. The summed E-state index contributed by atoms with van der Waals surface area (Å²) in [7, 11) is 0. The first-order chi connectivity index (χ1) is 9.88. The maximum Gasteiger partial charge on any atom is 0.195 e. The summed E-state index contributed by atoms with van der Waals surface area (Å²) in [6.07, 6.45) is 0. The van der Waals surface area contributed by atoms with Crippen LogP contribution in [0.3, 0.4) is 0 Å². The van der Waals surface area contributed by atoms with Crippen molar-refractivity contribution in [2.75, 3.05) is 0 Å². The van der Waals surface area contributed by atoms with E-state index < -0.39 is 0 Å². The van der Waals surface area contributed by atoms with Crippen LogP contribution < -0.4 is 0 Å². The number of nitrogens with zero attached hydrogens (tertiary/aromatic N) is 3. The predicted octanol–water partition coefficient (Wildman–Crippen LogP) is 4.22. The van der Waals surface area contributed by atoms with Gasteiger partial charge in [0, 0.05) is 22.2 Å². The van der Waals surface area contributed by atoms with Crippen molar-refractivity contribution < 1.29 is 0 Å². The van der Waals surface area contributed by atoms with Crippen LogP contribution in [0.1, 0.15) is 26.5 Å². The molecular formula is C16H18N4S. The van der Waals surface area contributed by atoms with Crippen molar-refractivity contribution in [1.82, 2.24) is 19.7 Å². The number of aromatic nitrogens is 4. The van der Waals surface area contributed by atoms with Crippen LogP contribution >= 0.6 is 12.2 Å². The van der Waals surface area contributed by atoms with E-state index in [-0.39, 0.29) is 5.54 Å². The van der Waals surface area contributed by atoms with Crippen LogP contribution in [0.15, 0.2) is 30.3 Å². The highest BCUT2D eigenvalue weighted by Crippen LogP contribution is 2.30. The number of fused-ring (bicyclic) bond motifs is 1. The minimum atomic E-state index is -0.141. The first-order valence-electron chi connectivity index (χ1n) is 6.92. The smallest absolute Gasteiger partial charge is 0.195 e. The molecular weight excluding hydrogens is 280 g/mol. The molecule has 0 aliphatic carbocycles. The van der Waals surface area contributed by atoms with Gasteiger partial charge in [0.1, 0.15) is 0 Å². The van der Waals surface area contributed by atoms with Crippen LogP contribution in [0, 0.1) is 11.7 Å². The zero-order valence-corrected chi connectivity index (χ0v) is 13.5. The fourth-order valence-corrected chi connectivity index (χ4v) is 3.00. The van der Waals surface area contributed by atoms with Gasteiger partial charge < -0.3 is 0 Å². The molecule has 0 aliphatic heterocycles. The summed E-state index contributed by atoms with van der Waals surface area (Å²) in [6.45, 7) is 8.37. The quantitative estimate of drug-likeness (QED) is 0.684. The highest BCUT2D eigenvalue weighted by Gasteiger charge is 2.21. The van der Waals surface area contributed by atoms with Crippen molar-refractivity contribution >= 4 is 23.1 Å². The Balaban J connectivity index is 2.40. The first-order valence-corrected chi connectivity index (χ1v) is 7.33. The van der Waals surface area contributed by atoms with Gasteiger partial charge in [0.05, 0.1) is 5.52 Å². The van der Waals surface area contributed by atoms with Crippen LogP contribution in [0.25, 0.3) is 22.3 Å². The Kier molecular flexibility index (Phi) is 3.17. The molecule has 1 aromatic carbocycles. The molecule has 0 saturated carbocycles. The van der Waals surface area contributed by atoms with Gasteiger partial charge in [-0.15, -0.1) is 0 Å². The topological polar surface area (TPSA) is 46.5 Å². The Labute approximate surface area is 128 Å².